The Morgan fingerprint density at radius 2 is 0.615 bits per heavy atom. The normalized spacial score (nSPS) is 9.08. The maximum absolute atomic E-state index is 7.56. The van der Waals surface area contributed by atoms with Crippen molar-refractivity contribution in [2.24, 2.45) is 0 Å². The predicted molar refractivity (Wildman–Crippen MR) is 55.3 cm³/mol. The third kappa shape index (κ3) is 730. The zero-order valence-electron chi connectivity index (χ0n) is 4.70. The van der Waals surface area contributed by atoms with Crippen LogP contribution in [0.5, 0.6) is 0 Å². The van der Waals surface area contributed by atoms with Crippen molar-refractivity contribution in [1.29, 1.82) is 0 Å². The maximum Gasteiger partial charge on any atom is 0.319 e. The Morgan fingerprint density at radius 3 is 0.615 bits per heavy atom. The van der Waals surface area contributed by atoms with Crippen LogP contribution in [0.4, 0.5) is 0 Å². The van der Waals surface area contributed by atoms with Crippen LogP contribution >= 0.6 is 13.4 Å². The topological polar surface area (TPSA) is 121 Å². The van der Waals surface area contributed by atoms with Crippen LogP contribution in [0.3, 0.4) is 0 Å². The molecule has 0 saturated carbocycles. The van der Waals surface area contributed by atoms with Crippen molar-refractivity contribution in [2.75, 3.05) is 0 Å². The fourth-order valence-electron chi connectivity index (χ4n) is 0. The molecule has 0 spiro atoms. The Morgan fingerprint density at radius 1 is 0.615 bits per heavy atom. The van der Waals surface area contributed by atoms with Gasteiger partial charge in [-0.25, -0.2) is 0 Å². The molecule has 11 heteroatoms. The molecular weight excluding hydrogens is 310 g/mol. The first kappa shape index (κ1) is 29.3. The second kappa shape index (κ2) is 11.7. The van der Waals surface area contributed by atoms with E-state index in [0.29, 0.717) is 0 Å². The molecule has 0 aromatic carbocycles. The van der Waals surface area contributed by atoms with Crippen molar-refractivity contribution in [2.45, 2.75) is 14.9 Å². The summed E-state index contributed by atoms with van der Waals surface area (Å²) in [6, 6.07) is 0. The van der Waals surface area contributed by atoms with E-state index in [-0.39, 0.29) is 31.9 Å². The Labute approximate surface area is 98.2 Å². The molecule has 91 valence electrons. The van der Waals surface area contributed by atoms with E-state index in [1.807, 2.05) is 0 Å². The van der Waals surface area contributed by atoms with Crippen molar-refractivity contribution < 1.29 is 46.4 Å². The quantitative estimate of drug-likeness (QED) is 0.264. The van der Waals surface area contributed by atoms with E-state index in [0.717, 1.165) is 0 Å². The zero-order chi connectivity index (χ0) is 9.00. The van der Waals surface area contributed by atoms with E-state index >= 15 is 0 Å². The fourth-order valence-corrected chi connectivity index (χ4v) is 0. The molecular formula is C2H14CuO6P2S2. The first-order valence-corrected chi connectivity index (χ1v) is 6.89. The van der Waals surface area contributed by atoms with Gasteiger partial charge in [-0.3, -0.25) is 0 Å². The van der Waals surface area contributed by atoms with Crippen LogP contribution in [0.25, 0.3) is 0 Å². The van der Waals surface area contributed by atoms with Gasteiger partial charge in [0.05, 0.1) is 0 Å². The van der Waals surface area contributed by atoms with E-state index in [9.17, 15) is 0 Å². The van der Waals surface area contributed by atoms with Crippen molar-refractivity contribution >= 4 is 37.1 Å². The molecule has 0 aliphatic carbocycles. The van der Waals surface area contributed by atoms with Crippen molar-refractivity contribution in [3.05, 3.63) is 0 Å². The van der Waals surface area contributed by atoms with Crippen molar-refractivity contribution in [1.82, 2.24) is 0 Å². The molecule has 0 aromatic rings. The molecule has 0 heterocycles. The van der Waals surface area contributed by atoms with Crippen molar-refractivity contribution in [3.8, 4) is 0 Å². The summed E-state index contributed by atoms with van der Waals surface area (Å²) < 4.78 is 0. The Balaban J connectivity index is -0.0000000267. The Bertz CT molecular complexity index is 139. The molecule has 1 radical (unpaired) electrons. The third-order valence-corrected chi connectivity index (χ3v) is 0. The average Bonchev–Trinajstić information content (AvgIpc) is 1.12. The summed E-state index contributed by atoms with van der Waals surface area (Å²) in [7, 11) is 0. The Kier molecular flexibility index (Phi) is 26.3. The molecule has 6 nitrogen and oxygen atoms in total. The van der Waals surface area contributed by atoms with Gasteiger partial charge >= 0.3 is 13.4 Å². The molecule has 0 saturated heterocycles. The summed E-state index contributed by atoms with van der Waals surface area (Å²) in [5, 5.41) is 0. The molecule has 13 heavy (non-hydrogen) atoms. The first-order chi connectivity index (χ1) is 4.00. The van der Waals surface area contributed by atoms with Crippen LogP contribution < -0.4 is 0 Å². The van der Waals surface area contributed by atoms with E-state index < -0.39 is 13.4 Å². The van der Waals surface area contributed by atoms with Gasteiger partial charge in [-0.15, -0.1) is 0 Å². The maximum atomic E-state index is 7.56. The van der Waals surface area contributed by atoms with Gasteiger partial charge in [-0.05, 0) is 23.6 Å². The first-order valence-electron chi connectivity index (χ1n) is 1.57. The largest absolute Gasteiger partial charge is 0.325 e. The van der Waals surface area contributed by atoms with Crippen LogP contribution in [0.2, 0.25) is 0 Å². The molecule has 0 rings (SSSR count). The van der Waals surface area contributed by atoms with E-state index in [1.165, 1.54) is 0 Å². The minimum absolute atomic E-state index is 0. The molecule has 0 amide bonds. The second-order valence-electron chi connectivity index (χ2n) is 1.03. The van der Waals surface area contributed by atoms with Gasteiger partial charge in [-0.2, -0.15) is 0 Å². The SMILES string of the molecule is C.C.OP(O)(O)=S.OP(O)(O)=S.[Cu]. The predicted octanol–water partition coefficient (Wildman–Crippen LogP) is -0.355. The smallest absolute Gasteiger partial charge is 0.319 e. The molecule has 0 aromatic heterocycles. The van der Waals surface area contributed by atoms with E-state index in [2.05, 4.69) is 23.6 Å². The number of rotatable bonds is 0. The summed E-state index contributed by atoms with van der Waals surface area (Å²) in [6.07, 6.45) is 0. The molecule has 6 N–H and O–H groups in total. The van der Waals surface area contributed by atoms with Crippen LogP contribution in [0.15, 0.2) is 0 Å². The minimum Gasteiger partial charge on any atom is -0.325 e. The van der Waals surface area contributed by atoms with Gasteiger partial charge in [0.25, 0.3) is 0 Å². The summed E-state index contributed by atoms with van der Waals surface area (Å²) in [5.41, 5.74) is 0. The van der Waals surface area contributed by atoms with Crippen molar-refractivity contribution in [3.63, 3.8) is 0 Å². The van der Waals surface area contributed by atoms with E-state index in [4.69, 9.17) is 29.4 Å². The zero-order valence-corrected chi connectivity index (χ0v) is 9.06. The van der Waals surface area contributed by atoms with Crippen LogP contribution in [-0.4, -0.2) is 29.4 Å². The van der Waals surface area contributed by atoms with Crippen LogP contribution in [-0.2, 0) is 40.7 Å². The molecule has 0 unspecified atom stereocenters. The summed E-state index contributed by atoms with van der Waals surface area (Å²) >= 11 is 7.21. The third-order valence-electron chi connectivity index (χ3n) is 0. The van der Waals surface area contributed by atoms with Gasteiger partial charge < -0.3 is 29.4 Å². The molecule has 0 bridgehead atoms. The molecule has 0 aliphatic heterocycles. The average molecular weight is 324 g/mol. The van der Waals surface area contributed by atoms with Gasteiger partial charge in [-0.1, -0.05) is 14.9 Å². The molecule has 0 fully saturated rings. The van der Waals surface area contributed by atoms with Gasteiger partial charge in [0.1, 0.15) is 0 Å². The van der Waals surface area contributed by atoms with Gasteiger partial charge in [0.15, 0.2) is 0 Å². The van der Waals surface area contributed by atoms with E-state index in [1.54, 1.807) is 0 Å². The summed E-state index contributed by atoms with van der Waals surface area (Å²) in [4.78, 5) is 45.3. The second-order valence-corrected chi connectivity index (χ2v) is 6.02. The number of hydrogen-bond donors (Lipinski definition) is 6. The summed E-state index contributed by atoms with van der Waals surface area (Å²) in [6.45, 7) is -7.61. The molecule has 0 atom stereocenters. The fraction of sp³-hybridized carbons (Fsp3) is 1.00. The Hall–Kier alpha value is 1.58. The standard InChI is InChI=1S/2CH4.Cu.2H3O3PS/c;;;2*1-4(2,3)5/h2*1H4;;2*(H3,1,2,3,5). The van der Waals surface area contributed by atoms with Crippen LogP contribution in [0.1, 0.15) is 14.9 Å². The molecule has 0 aliphatic rings. The monoisotopic (exact) mass is 323 g/mol. The number of hydrogen-bond acceptors (Lipinski definition) is 2. The minimum atomic E-state index is -3.81. The summed E-state index contributed by atoms with van der Waals surface area (Å²) in [5.74, 6) is 0. The van der Waals surface area contributed by atoms with Gasteiger partial charge in [0.2, 0.25) is 0 Å². The van der Waals surface area contributed by atoms with Crippen LogP contribution in [0, 0.1) is 0 Å². The van der Waals surface area contributed by atoms with Gasteiger partial charge in [0, 0.05) is 17.1 Å².